The number of nitrogens with zero attached hydrogens (tertiary/aromatic N) is 1. The van der Waals surface area contributed by atoms with Gasteiger partial charge in [-0.25, -0.2) is 9.59 Å². The number of aromatic nitrogens is 1. The molecule has 2 rings (SSSR count). The minimum atomic E-state index is -5.08. The number of pyridine rings is 1. The van der Waals surface area contributed by atoms with Crippen LogP contribution in [0.25, 0.3) is 0 Å². The molecule has 1 fully saturated rings. The lowest BCUT2D eigenvalue weighted by atomic mass is 9.84. The Labute approximate surface area is 198 Å². The first-order valence-corrected chi connectivity index (χ1v) is 10.6. The van der Waals surface area contributed by atoms with Crippen LogP contribution >= 0.6 is 0 Å². The predicted octanol–water partition coefficient (Wildman–Crippen LogP) is 2.16. The Kier molecular flexibility index (Phi) is 10.4. The summed E-state index contributed by atoms with van der Waals surface area (Å²) in [7, 11) is 0. The van der Waals surface area contributed by atoms with Gasteiger partial charge in [-0.15, -0.1) is 0 Å². The number of hydrogen-bond donors (Lipinski definition) is 6. The second-order valence-corrected chi connectivity index (χ2v) is 8.70. The van der Waals surface area contributed by atoms with E-state index in [9.17, 15) is 32.7 Å². The van der Waals surface area contributed by atoms with E-state index in [2.05, 4.69) is 15.6 Å². The van der Waals surface area contributed by atoms with Crippen LogP contribution < -0.4 is 16.4 Å². The average molecular weight is 506 g/mol. The Morgan fingerprint density at radius 3 is 2.14 bits per heavy atom. The van der Waals surface area contributed by atoms with Crippen molar-refractivity contribution in [3.8, 4) is 0 Å². The number of amides is 2. The molecule has 0 spiro atoms. The molecule has 1 unspecified atom stereocenters. The molecule has 0 radical (unpaired) electrons. The predicted molar refractivity (Wildman–Crippen MR) is 117 cm³/mol. The van der Waals surface area contributed by atoms with Crippen molar-refractivity contribution in [3.05, 3.63) is 18.0 Å². The molecule has 1 aromatic rings. The monoisotopic (exact) mass is 506 g/mol. The van der Waals surface area contributed by atoms with E-state index in [0.717, 1.165) is 38.3 Å². The van der Waals surface area contributed by atoms with Crippen molar-refractivity contribution in [1.29, 1.82) is 0 Å². The number of carbonyl (C=O) groups excluding carboxylic acids is 2. The maximum absolute atomic E-state index is 12.4. The zero-order valence-corrected chi connectivity index (χ0v) is 19.2. The molecule has 1 heterocycles. The van der Waals surface area contributed by atoms with Crippen LogP contribution in [0.4, 0.5) is 24.5 Å². The van der Waals surface area contributed by atoms with Gasteiger partial charge in [0.15, 0.2) is 0 Å². The van der Waals surface area contributed by atoms with E-state index in [1.807, 2.05) is 0 Å². The molecule has 0 saturated heterocycles. The van der Waals surface area contributed by atoms with Crippen molar-refractivity contribution in [1.82, 2.24) is 10.3 Å². The normalized spacial score (nSPS) is 15.3. The van der Waals surface area contributed by atoms with Crippen LogP contribution in [0.5, 0.6) is 0 Å². The van der Waals surface area contributed by atoms with E-state index in [0.29, 0.717) is 0 Å². The Morgan fingerprint density at radius 2 is 1.66 bits per heavy atom. The third-order valence-electron chi connectivity index (χ3n) is 5.16. The van der Waals surface area contributed by atoms with E-state index >= 15 is 0 Å². The summed E-state index contributed by atoms with van der Waals surface area (Å²) >= 11 is 0. The summed E-state index contributed by atoms with van der Waals surface area (Å²) in [4.78, 5) is 48.5. The minimum absolute atomic E-state index is 0.0528. The zero-order chi connectivity index (χ0) is 27.0. The number of carboxylic acids is 2. The largest absolute Gasteiger partial charge is 0.490 e. The SMILES string of the molecule is CC(C)(CC(=O)Nc1cncc(C(=O)O)c1N)NC(=O)C(O)C1CCCCC1.O=C(O)C(F)(F)F. The van der Waals surface area contributed by atoms with E-state index in [1.165, 1.54) is 6.20 Å². The third-order valence-corrected chi connectivity index (χ3v) is 5.16. The van der Waals surface area contributed by atoms with Gasteiger partial charge in [-0.2, -0.15) is 13.2 Å². The first-order chi connectivity index (χ1) is 16.0. The molecule has 0 aromatic carbocycles. The number of aromatic carboxylic acids is 1. The molecule has 1 aliphatic rings. The average Bonchev–Trinajstić information content (AvgIpc) is 2.74. The van der Waals surface area contributed by atoms with Crippen LogP contribution in [0.2, 0.25) is 0 Å². The van der Waals surface area contributed by atoms with Gasteiger partial charge >= 0.3 is 18.1 Å². The van der Waals surface area contributed by atoms with Crippen LogP contribution in [-0.2, 0) is 14.4 Å². The lowest BCUT2D eigenvalue weighted by Crippen LogP contribution is -2.51. The second-order valence-electron chi connectivity index (χ2n) is 8.70. The molecule has 1 aliphatic carbocycles. The molecular formula is C21H29F3N4O7. The Morgan fingerprint density at radius 1 is 1.11 bits per heavy atom. The highest BCUT2D eigenvalue weighted by Crippen LogP contribution is 2.27. The number of nitrogen functional groups attached to an aromatic ring is 1. The lowest BCUT2D eigenvalue weighted by molar-refractivity contribution is -0.192. The number of halogens is 3. The van der Waals surface area contributed by atoms with Crippen molar-refractivity contribution < 1.29 is 47.7 Å². The van der Waals surface area contributed by atoms with Crippen LogP contribution in [0, 0.1) is 5.92 Å². The van der Waals surface area contributed by atoms with Gasteiger partial charge < -0.3 is 31.7 Å². The fourth-order valence-corrected chi connectivity index (χ4v) is 3.45. The number of carboxylic acid groups (broad SMARTS) is 2. The molecule has 14 heteroatoms. The van der Waals surface area contributed by atoms with Crippen LogP contribution in [0.15, 0.2) is 12.4 Å². The van der Waals surface area contributed by atoms with Crippen molar-refractivity contribution in [2.24, 2.45) is 5.92 Å². The van der Waals surface area contributed by atoms with Gasteiger partial charge in [0.1, 0.15) is 11.7 Å². The number of aliphatic carboxylic acids is 1. The third kappa shape index (κ3) is 9.76. The lowest BCUT2D eigenvalue weighted by Gasteiger charge is -2.31. The standard InChI is InChI=1S/C19H28N4O5.C2HF3O2/c1-19(2,23-17(26)16(25)11-6-4-3-5-7-11)8-14(24)22-13-10-21-9-12(15(13)20)18(27)28;3-2(4,5)1(6)7/h9-11,16,25H,3-8H2,1-2H3,(H2,20,21)(H,22,24)(H,23,26)(H,27,28);(H,6,7). The van der Waals surface area contributed by atoms with Crippen LogP contribution in [-0.4, -0.2) is 61.9 Å². The summed E-state index contributed by atoms with van der Waals surface area (Å²) in [5.41, 5.74) is 4.64. The Balaban J connectivity index is 0.000000762. The number of anilines is 2. The number of hydrogen-bond acceptors (Lipinski definition) is 7. The molecule has 7 N–H and O–H groups in total. The molecule has 1 aromatic heterocycles. The second kappa shape index (κ2) is 12.3. The smallest absolute Gasteiger partial charge is 0.478 e. The number of nitrogens with one attached hydrogen (secondary N) is 2. The van der Waals surface area contributed by atoms with E-state index in [1.54, 1.807) is 13.8 Å². The van der Waals surface area contributed by atoms with E-state index in [-0.39, 0.29) is 29.3 Å². The van der Waals surface area contributed by atoms with Gasteiger partial charge in [0.05, 0.1) is 17.6 Å². The van der Waals surface area contributed by atoms with Crippen LogP contribution in [0.1, 0.15) is 62.7 Å². The Hall–Kier alpha value is -3.42. The first kappa shape index (κ1) is 29.6. The number of nitrogens with two attached hydrogens (primary N) is 1. The molecule has 11 nitrogen and oxygen atoms in total. The number of aliphatic hydroxyl groups excluding tert-OH is 1. The fraction of sp³-hybridized carbons (Fsp3) is 0.571. The Bertz CT molecular complexity index is 932. The van der Waals surface area contributed by atoms with Crippen molar-refractivity contribution in [2.75, 3.05) is 11.1 Å². The van der Waals surface area contributed by atoms with Crippen molar-refractivity contribution in [3.63, 3.8) is 0 Å². The van der Waals surface area contributed by atoms with Gasteiger partial charge in [-0.05, 0) is 32.6 Å². The van der Waals surface area contributed by atoms with Gasteiger partial charge in [0, 0.05) is 18.2 Å². The highest BCUT2D eigenvalue weighted by Gasteiger charge is 2.38. The van der Waals surface area contributed by atoms with Crippen molar-refractivity contribution >= 4 is 35.1 Å². The maximum Gasteiger partial charge on any atom is 0.490 e. The summed E-state index contributed by atoms with van der Waals surface area (Å²) in [6.07, 6.45) is 0.877. The molecule has 0 aliphatic heterocycles. The number of aliphatic hydroxyl groups is 1. The van der Waals surface area contributed by atoms with Gasteiger partial charge in [0.2, 0.25) is 11.8 Å². The summed E-state index contributed by atoms with van der Waals surface area (Å²) in [5, 5.41) is 31.7. The summed E-state index contributed by atoms with van der Waals surface area (Å²) in [6, 6.07) is 0. The van der Waals surface area contributed by atoms with Gasteiger partial charge in [-0.3, -0.25) is 14.6 Å². The topological polar surface area (TPSA) is 192 Å². The van der Waals surface area contributed by atoms with Crippen molar-refractivity contribution in [2.45, 2.75) is 70.2 Å². The highest BCUT2D eigenvalue weighted by atomic mass is 19.4. The molecule has 1 saturated carbocycles. The molecule has 2 amide bonds. The molecular weight excluding hydrogens is 477 g/mol. The number of alkyl halides is 3. The number of carbonyl (C=O) groups is 4. The minimum Gasteiger partial charge on any atom is -0.478 e. The van der Waals surface area contributed by atoms with Crippen LogP contribution in [0.3, 0.4) is 0 Å². The zero-order valence-electron chi connectivity index (χ0n) is 19.2. The van der Waals surface area contributed by atoms with E-state index in [4.69, 9.17) is 20.7 Å². The fourth-order valence-electron chi connectivity index (χ4n) is 3.45. The summed E-state index contributed by atoms with van der Waals surface area (Å²) in [5.74, 6) is -5.01. The van der Waals surface area contributed by atoms with E-state index < -0.39 is 41.6 Å². The summed E-state index contributed by atoms with van der Waals surface area (Å²) < 4.78 is 31.7. The molecule has 0 bridgehead atoms. The quantitative estimate of drug-likeness (QED) is 0.321. The molecule has 196 valence electrons. The first-order valence-electron chi connectivity index (χ1n) is 10.6. The highest BCUT2D eigenvalue weighted by molar-refractivity contribution is 6.01. The number of rotatable bonds is 7. The maximum atomic E-state index is 12.4. The molecule has 1 atom stereocenters. The summed E-state index contributed by atoms with van der Waals surface area (Å²) in [6.45, 7) is 3.35. The van der Waals surface area contributed by atoms with Gasteiger partial charge in [-0.1, -0.05) is 19.3 Å². The van der Waals surface area contributed by atoms with Gasteiger partial charge in [0.25, 0.3) is 0 Å². The molecule has 35 heavy (non-hydrogen) atoms.